The summed E-state index contributed by atoms with van der Waals surface area (Å²) in [5.41, 5.74) is 1.99. The Bertz CT molecular complexity index is 647. The Morgan fingerprint density at radius 3 is 2.52 bits per heavy atom. The standard InChI is InChI=1S/C16H16BrFO2S/c1-19-12-7-10(11(18)8-13(12)20-2)16(17)15-6-9-4-3-5-14(9)21-15/h6-8,16H,3-5H2,1-2H3. The lowest BCUT2D eigenvalue weighted by Crippen LogP contribution is -1.99. The minimum atomic E-state index is -0.289. The summed E-state index contributed by atoms with van der Waals surface area (Å²) >= 11 is 5.40. The van der Waals surface area contributed by atoms with Crippen LogP contribution in [-0.2, 0) is 12.8 Å². The van der Waals surface area contributed by atoms with Crippen molar-refractivity contribution in [2.75, 3.05) is 14.2 Å². The molecule has 0 saturated heterocycles. The van der Waals surface area contributed by atoms with Crippen LogP contribution in [0.4, 0.5) is 4.39 Å². The topological polar surface area (TPSA) is 18.5 Å². The highest BCUT2D eigenvalue weighted by atomic mass is 79.9. The van der Waals surface area contributed by atoms with Crippen molar-refractivity contribution < 1.29 is 13.9 Å². The van der Waals surface area contributed by atoms with Crippen LogP contribution >= 0.6 is 27.3 Å². The van der Waals surface area contributed by atoms with E-state index in [2.05, 4.69) is 22.0 Å². The summed E-state index contributed by atoms with van der Waals surface area (Å²) in [6.07, 6.45) is 3.52. The lowest BCUT2D eigenvalue weighted by molar-refractivity contribution is 0.351. The summed E-state index contributed by atoms with van der Waals surface area (Å²) in [5, 5.41) is 0. The minimum Gasteiger partial charge on any atom is -0.493 e. The quantitative estimate of drug-likeness (QED) is 0.714. The Hall–Kier alpha value is -1.07. The molecule has 0 N–H and O–H groups in total. The van der Waals surface area contributed by atoms with E-state index < -0.39 is 0 Å². The second-order valence-corrected chi connectivity index (χ2v) is 7.13. The van der Waals surface area contributed by atoms with Gasteiger partial charge >= 0.3 is 0 Å². The van der Waals surface area contributed by atoms with Gasteiger partial charge in [0.15, 0.2) is 11.5 Å². The van der Waals surface area contributed by atoms with Gasteiger partial charge in [0.1, 0.15) is 5.82 Å². The molecule has 0 aliphatic heterocycles. The zero-order valence-corrected chi connectivity index (χ0v) is 14.3. The molecule has 1 aliphatic carbocycles. The van der Waals surface area contributed by atoms with Gasteiger partial charge in [0.25, 0.3) is 0 Å². The lowest BCUT2D eigenvalue weighted by Gasteiger charge is -2.14. The van der Waals surface area contributed by atoms with Crippen LogP contribution in [0, 0.1) is 5.82 Å². The van der Waals surface area contributed by atoms with Crippen LogP contribution in [0.3, 0.4) is 0 Å². The maximum absolute atomic E-state index is 14.3. The Balaban J connectivity index is 1.98. The van der Waals surface area contributed by atoms with Crippen molar-refractivity contribution in [3.8, 4) is 11.5 Å². The molecule has 0 radical (unpaired) electrons. The molecule has 1 aromatic heterocycles. The van der Waals surface area contributed by atoms with Crippen LogP contribution in [0.1, 0.15) is 32.1 Å². The van der Waals surface area contributed by atoms with Crippen LogP contribution < -0.4 is 9.47 Å². The third-order valence-corrected chi connectivity index (χ3v) is 6.38. The number of thiophene rings is 1. The lowest BCUT2D eigenvalue weighted by atomic mass is 10.1. The SMILES string of the molecule is COc1cc(F)c(C(Br)c2cc3c(s2)CCC3)cc1OC. The van der Waals surface area contributed by atoms with E-state index in [4.69, 9.17) is 9.47 Å². The fourth-order valence-corrected chi connectivity index (χ4v) is 4.71. The van der Waals surface area contributed by atoms with Gasteiger partial charge in [-0.3, -0.25) is 0 Å². The predicted octanol–water partition coefficient (Wildman–Crippen LogP) is 4.88. The fraction of sp³-hybridized carbons (Fsp3) is 0.375. The molecule has 1 heterocycles. The molecule has 0 saturated carbocycles. The van der Waals surface area contributed by atoms with E-state index in [1.807, 2.05) is 0 Å². The first-order valence-electron chi connectivity index (χ1n) is 6.81. The Kier molecular flexibility index (Phi) is 4.22. The summed E-state index contributed by atoms with van der Waals surface area (Å²) < 4.78 is 24.7. The number of rotatable bonds is 4. The Morgan fingerprint density at radius 2 is 1.86 bits per heavy atom. The maximum atomic E-state index is 14.3. The van der Waals surface area contributed by atoms with Crippen LogP contribution in [0.15, 0.2) is 18.2 Å². The first-order valence-corrected chi connectivity index (χ1v) is 8.54. The number of aryl methyl sites for hydroxylation is 2. The fourth-order valence-electron chi connectivity index (χ4n) is 2.69. The maximum Gasteiger partial charge on any atom is 0.163 e. The van der Waals surface area contributed by atoms with E-state index in [0.29, 0.717) is 17.1 Å². The van der Waals surface area contributed by atoms with Crippen LogP contribution in [0.25, 0.3) is 0 Å². The highest BCUT2D eigenvalue weighted by Gasteiger charge is 2.23. The summed E-state index contributed by atoms with van der Waals surface area (Å²) in [5.74, 6) is 0.664. The largest absolute Gasteiger partial charge is 0.493 e. The van der Waals surface area contributed by atoms with E-state index >= 15 is 0 Å². The van der Waals surface area contributed by atoms with E-state index in [-0.39, 0.29) is 10.6 Å². The second-order valence-electron chi connectivity index (χ2n) is 5.04. The minimum absolute atomic E-state index is 0.159. The molecular weight excluding hydrogens is 355 g/mol. The number of alkyl halides is 1. The van der Waals surface area contributed by atoms with Gasteiger partial charge in [-0.1, -0.05) is 15.9 Å². The molecule has 1 unspecified atom stereocenters. The summed E-state index contributed by atoms with van der Waals surface area (Å²) in [6.45, 7) is 0. The van der Waals surface area contributed by atoms with Crippen molar-refractivity contribution >= 4 is 27.3 Å². The average Bonchev–Trinajstić information content (AvgIpc) is 3.07. The first kappa shape index (κ1) is 14.9. The molecule has 2 nitrogen and oxygen atoms in total. The second kappa shape index (κ2) is 5.97. The molecule has 2 aromatic rings. The first-order chi connectivity index (χ1) is 10.1. The van der Waals surface area contributed by atoms with Gasteiger partial charge < -0.3 is 9.47 Å². The van der Waals surface area contributed by atoms with Gasteiger partial charge in [0.2, 0.25) is 0 Å². The van der Waals surface area contributed by atoms with Gasteiger partial charge in [-0.15, -0.1) is 11.3 Å². The summed E-state index contributed by atoms with van der Waals surface area (Å²) in [4.78, 5) is 2.43. The van der Waals surface area contributed by atoms with Gasteiger partial charge in [-0.05, 0) is 37.0 Å². The van der Waals surface area contributed by atoms with Gasteiger partial charge in [0.05, 0.1) is 19.0 Å². The molecule has 3 rings (SSSR count). The Morgan fingerprint density at radius 1 is 1.14 bits per heavy atom. The van der Waals surface area contributed by atoms with Crippen LogP contribution in [0.5, 0.6) is 11.5 Å². The van der Waals surface area contributed by atoms with Crippen molar-refractivity contribution in [1.82, 2.24) is 0 Å². The van der Waals surface area contributed by atoms with Crippen LogP contribution in [0.2, 0.25) is 0 Å². The molecule has 0 bridgehead atoms. The summed E-state index contributed by atoms with van der Waals surface area (Å²) in [7, 11) is 3.06. The number of methoxy groups -OCH3 is 2. The predicted molar refractivity (Wildman–Crippen MR) is 86.6 cm³/mol. The highest BCUT2D eigenvalue weighted by Crippen LogP contribution is 2.43. The number of hydrogen-bond acceptors (Lipinski definition) is 3. The molecule has 5 heteroatoms. The molecule has 1 aliphatic rings. The van der Waals surface area contributed by atoms with Crippen molar-refractivity contribution in [2.45, 2.75) is 24.1 Å². The number of benzene rings is 1. The third-order valence-electron chi connectivity index (χ3n) is 3.79. The zero-order valence-electron chi connectivity index (χ0n) is 11.9. The van der Waals surface area contributed by atoms with Gasteiger partial charge in [-0.25, -0.2) is 4.39 Å². The van der Waals surface area contributed by atoms with Crippen molar-refractivity contribution in [3.05, 3.63) is 44.9 Å². The normalized spacial score (nSPS) is 14.9. The summed E-state index contributed by atoms with van der Waals surface area (Å²) in [6, 6.07) is 5.28. The molecule has 0 amide bonds. The number of ether oxygens (including phenoxy) is 2. The van der Waals surface area contributed by atoms with E-state index in [1.165, 1.54) is 30.0 Å². The molecule has 21 heavy (non-hydrogen) atoms. The molecule has 1 atom stereocenters. The molecular formula is C16H16BrFO2S. The van der Waals surface area contributed by atoms with Crippen LogP contribution in [-0.4, -0.2) is 14.2 Å². The van der Waals surface area contributed by atoms with E-state index in [9.17, 15) is 4.39 Å². The number of hydrogen-bond donors (Lipinski definition) is 0. The Labute approximate surface area is 136 Å². The van der Waals surface area contributed by atoms with Crippen molar-refractivity contribution in [3.63, 3.8) is 0 Å². The van der Waals surface area contributed by atoms with Crippen molar-refractivity contribution in [2.24, 2.45) is 0 Å². The monoisotopic (exact) mass is 370 g/mol. The molecule has 1 aromatic carbocycles. The smallest absolute Gasteiger partial charge is 0.163 e. The third kappa shape index (κ3) is 2.69. The van der Waals surface area contributed by atoms with E-state index in [0.717, 1.165) is 17.7 Å². The number of halogens is 2. The van der Waals surface area contributed by atoms with E-state index in [1.54, 1.807) is 24.5 Å². The zero-order chi connectivity index (χ0) is 15.0. The molecule has 0 spiro atoms. The molecule has 0 fully saturated rings. The van der Waals surface area contributed by atoms with Crippen molar-refractivity contribution in [1.29, 1.82) is 0 Å². The van der Waals surface area contributed by atoms with Gasteiger partial charge in [-0.2, -0.15) is 0 Å². The number of fused-ring (bicyclic) bond motifs is 1. The highest BCUT2D eigenvalue weighted by molar-refractivity contribution is 9.09. The molecule has 112 valence electrons. The van der Waals surface area contributed by atoms with Gasteiger partial charge in [0, 0.05) is 21.4 Å². The average molecular weight is 371 g/mol.